The minimum absolute atomic E-state index is 0.0505. The fraction of sp³-hybridized carbons (Fsp3) is 0.900. The van der Waals surface area contributed by atoms with Crippen LogP contribution in [0, 0.1) is 5.92 Å². The molecule has 1 fully saturated rings. The van der Waals surface area contributed by atoms with Gasteiger partial charge in [0.15, 0.2) is 0 Å². The van der Waals surface area contributed by atoms with E-state index in [9.17, 15) is 4.79 Å². The standard InChI is InChI=1S/C10H19NO3/c1-3-6-14-10(12)9-4-5-11(7-9)8-13-2/h9H,3-8H2,1-2H3. The van der Waals surface area contributed by atoms with E-state index in [2.05, 4.69) is 4.90 Å². The Morgan fingerprint density at radius 1 is 1.57 bits per heavy atom. The van der Waals surface area contributed by atoms with Crippen LogP contribution in [0.5, 0.6) is 0 Å². The molecule has 0 aromatic heterocycles. The predicted molar refractivity (Wildman–Crippen MR) is 52.8 cm³/mol. The van der Waals surface area contributed by atoms with Crippen molar-refractivity contribution in [2.24, 2.45) is 5.92 Å². The number of likely N-dealkylation sites (tertiary alicyclic amines) is 1. The second-order valence-corrected chi connectivity index (χ2v) is 3.65. The second-order valence-electron chi connectivity index (χ2n) is 3.65. The van der Waals surface area contributed by atoms with Crippen LogP contribution < -0.4 is 0 Å². The highest BCUT2D eigenvalue weighted by Crippen LogP contribution is 2.17. The first-order valence-corrected chi connectivity index (χ1v) is 5.15. The zero-order valence-electron chi connectivity index (χ0n) is 8.99. The van der Waals surface area contributed by atoms with Crippen LogP contribution in [0.1, 0.15) is 19.8 Å². The van der Waals surface area contributed by atoms with Gasteiger partial charge in [-0.1, -0.05) is 6.92 Å². The molecule has 1 aliphatic heterocycles. The molecule has 0 amide bonds. The van der Waals surface area contributed by atoms with Crippen molar-refractivity contribution in [1.82, 2.24) is 4.90 Å². The van der Waals surface area contributed by atoms with Crippen molar-refractivity contribution in [1.29, 1.82) is 0 Å². The number of hydrogen-bond acceptors (Lipinski definition) is 4. The van der Waals surface area contributed by atoms with Gasteiger partial charge in [-0.3, -0.25) is 9.69 Å². The third-order valence-corrected chi connectivity index (χ3v) is 2.37. The van der Waals surface area contributed by atoms with E-state index in [1.807, 2.05) is 6.92 Å². The zero-order valence-corrected chi connectivity index (χ0v) is 8.99. The van der Waals surface area contributed by atoms with Gasteiger partial charge in [-0.15, -0.1) is 0 Å². The SMILES string of the molecule is CCCOC(=O)C1CCN(COC)C1. The van der Waals surface area contributed by atoms with Crippen LogP contribution >= 0.6 is 0 Å². The molecule has 1 atom stereocenters. The molecule has 0 aromatic rings. The van der Waals surface area contributed by atoms with Crippen LogP contribution in [-0.2, 0) is 14.3 Å². The Morgan fingerprint density at radius 2 is 2.36 bits per heavy atom. The molecular formula is C10H19NO3. The van der Waals surface area contributed by atoms with Crippen LogP contribution in [0.4, 0.5) is 0 Å². The molecule has 1 rings (SSSR count). The molecule has 1 aliphatic rings. The van der Waals surface area contributed by atoms with E-state index in [0.717, 1.165) is 25.9 Å². The molecule has 0 bridgehead atoms. The van der Waals surface area contributed by atoms with Crippen LogP contribution in [0.3, 0.4) is 0 Å². The van der Waals surface area contributed by atoms with E-state index in [4.69, 9.17) is 9.47 Å². The van der Waals surface area contributed by atoms with Gasteiger partial charge < -0.3 is 9.47 Å². The summed E-state index contributed by atoms with van der Waals surface area (Å²) in [6.45, 7) is 4.85. The Morgan fingerprint density at radius 3 is 3.00 bits per heavy atom. The second kappa shape index (κ2) is 5.98. The summed E-state index contributed by atoms with van der Waals surface area (Å²) in [5, 5.41) is 0. The zero-order chi connectivity index (χ0) is 10.4. The fourth-order valence-electron chi connectivity index (χ4n) is 1.65. The maximum Gasteiger partial charge on any atom is 0.310 e. The first kappa shape index (κ1) is 11.5. The third-order valence-electron chi connectivity index (χ3n) is 2.37. The fourth-order valence-corrected chi connectivity index (χ4v) is 1.65. The molecule has 0 N–H and O–H groups in total. The molecule has 0 aromatic carbocycles. The molecule has 0 aliphatic carbocycles. The van der Waals surface area contributed by atoms with Crippen LogP contribution in [0.15, 0.2) is 0 Å². The van der Waals surface area contributed by atoms with Gasteiger partial charge in [0.25, 0.3) is 0 Å². The number of esters is 1. The number of ether oxygens (including phenoxy) is 2. The lowest BCUT2D eigenvalue weighted by atomic mass is 10.1. The molecule has 4 nitrogen and oxygen atoms in total. The Bertz CT molecular complexity index is 184. The predicted octanol–water partition coefficient (Wildman–Crippen LogP) is 0.865. The molecule has 0 radical (unpaired) electrons. The summed E-state index contributed by atoms with van der Waals surface area (Å²) in [5.41, 5.74) is 0. The largest absolute Gasteiger partial charge is 0.465 e. The lowest BCUT2D eigenvalue weighted by molar-refractivity contribution is -0.148. The van der Waals surface area contributed by atoms with Crippen LogP contribution in [0.25, 0.3) is 0 Å². The van der Waals surface area contributed by atoms with Gasteiger partial charge in [0.1, 0.15) is 0 Å². The van der Waals surface area contributed by atoms with Crippen molar-refractivity contribution in [3.63, 3.8) is 0 Å². The summed E-state index contributed by atoms with van der Waals surface area (Å²) in [6.07, 6.45) is 1.78. The van der Waals surface area contributed by atoms with Gasteiger partial charge in [-0.25, -0.2) is 0 Å². The molecule has 0 spiro atoms. The van der Waals surface area contributed by atoms with Crippen molar-refractivity contribution in [2.75, 3.05) is 33.5 Å². The van der Waals surface area contributed by atoms with Crippen molar-refractivity contribution in [2.45, 2.75) is 19.8 Å². The van der Waals surface area contributed by atoms with Crippen LogP contribution in [0.2, 0.25) is 0 Å². The highest BCUT2D eigenvalue weighted by atomic mass is 16.5. The Labute approximate surface area is 85.2 Å². The third kappa shape index (κ3) is 3.27. The lowest BCUT2D eigenvalue weighted by Gasteiger charge is -2.13. The maximum absolute atomic E-state index is 11.5. The Balaban J connectivity index is 2.23. The van der Waals surface area contributed by atoms with Gasteiger partial charge >= 0.3 is 5.97 Å². The quantitative estimate of drug-likeness (QED) is 0.619. The summed E-state index contributed by atoms with van der Waals surface area (Å²) < 4.78 is 10.1. The molecule has 1 saturated heterocycles. The van der Waals surface area contributed by atoms with Gasteiger partial charge in [0.2, 0.25) is 0 Å². The number of rotatable bonds is 5. The molecule has 1 heterocycles. The van der Waals surface area contributed by atoms with E-state index in [1.165, 1.54) is 0 Å². The average Bonchev–Trinajstić information content (AvgIpc) is 2.63. The van der Waals surface area contributed by atoms with Crippen molar-refractivity contribution < 1.29 is 14.3 Å². The first-order valence-electron chi connectivity index (χ1n) is 5.15. The smallest absolute Gasteiger partial charge is 0.310 e. The summed E-state index contributed by atoms with van der Waals surface area (Å²) in [7, 11) is 1.67. The summed E-state index contributed by atoms with van der Waals surface area (Å²) in [4.78, 5) is 13.6. The van der Waals surface area contributed by atoms with Crippen molar-refractivity contribution >= 4 is 5.97 Å². The van der Waals surface area contributed by atoms with Crippen molar-refractivity contribution in [3.05, 3.63) is 0 Å². The highest BCUT2D eigenvalue weighted by molar-refractivity contribution is 5.73. The van der Waals surface area contributed by atoms with Gasteiger partial charge in [0.05, 0.1) is 19.3 Å². The van der Waals surface area contributed by atoms with E-state index in [-0.39, 0.29) is 11.9 Å². The van der Waals surface area contributed by atoms with Crippen molar-refractivity contribution in [3.8, 4) is 0 Å². The van der Waals surface area contributed by atoms with E-state index in [0.29, 0.717) is 13.3 Å². The molecule has 82 valence electrons. The van der Waals surface area contributed by atoms with E-state index >= 15 is 0 Å². The highest BCUT2D eigenvalue weighted by Gasteiger charge is 2.28. The molecule has 14 heavy (non-hydrogen) atoms. The van der Waals surface area contributed by atoms with Gasteiger partial charge in [-0.05, 0) is 12.8 Å². The number of nitrogens with zero attached hydrogens (tertiary/aromatic N) is 1. The van der Waals surface area contributed by atoms with E-state index in [1.54, 1.807) is 7.11 Å². The first-order chi connectivity index (χ1) is 6.77. The Hall–Kier alpha value is -0.610. The summed E-state index contributed by atoms with van der Waals surface area (Å²) >= 11 is 0. The number of methoxy groups -OCH3 is 1. The average molecular weight is 201 g/mol. The normalized spacial score (nSPS) is 22.6. The van der Waals surface area contributed by atoms with Gasteiger partial charge in [-0.2, -0.15) is 0 Å². The maximum atomic E-state index is 11.5. The number of carbonyl (C=O) groups is 1. The van der Waals surface area contributed by atoms with Crippen LogP contribution in [-0.4, -0.2) is 44.4 Å². The van der Waals surface area contributed by atoms with E-state index < -0.39 is 0 Å². The molecular weight excluding hydrogens is 182 g/mol. The van der Waals surface area contributed by atoms with Gasteiger partial charge in [0, 0.05) is 20.2 Å². The summed E-state index contributed by atoms with van der Waals surface area (Å²) in [6, 6.07) is 0. The topological polar surface area (TPSA) is 38.8 Å². The lowest BCUT2D eigenvalue weighted by Crippen LogP contribution is -2.26. The number of hydrogen-bond donors (Lipinski definition) is 0. The molecule has 0 saturated carbocycles. The monoisotopic (exact) mass is 201 g/mol. The molecule has 1 unspecified atom stereocenters. The number of carbonyl (C=O) groups excluding carboxylic acids is 1. The minimum atomic E-state index is -0.0505. The summed E-state index contributed by atoms with van der Waals surface area (Å²) in [5.74, 6) is 0.00199. The molecule has 4 heteroatoms. The minimum Gasteiger partial charge on any atom is -0.465 e. The Kier molecular flexibility index (Phi) is 4.90.